The van der Waals surface area contributed by atoms with E-state index in [1.54, 1.807) is 30.3 Å². The monoisotopic (exact) mass is 346 g/mol. The van der Waals surface area contributed by atoms with E-state index in [-0.39, 0.29) is 17.1 Å². The van der Waals surface area contributed by atoms with E-state index >= 15 is 0 Å². The standard InChI is InChI=1S/C14H11ClN6O3/c1-8-13(21(23)24)12(19-18-8)14(22)17-11-5-6-16-20(11)10-4-2-3-9(15)7-10/h2-7H,1H3,(H,17,22)(H,18,19). The van der Waals surface area contributed by atoms with Gasteiger partial charge >= 0.3 is 5.69 Å². The molecular formula is C14H11ClN6O3. The molecule has 2 heterocycles. The van der Waals surface area contributed by atoms with Crippen LogP contribution in [0.1, 0.15) is 16.2 Å². The third-order valence-electron chi connectivity index (χ3n) is 3.25. The Morgan fingerprint density at radius 1 is 1.42 bits per heavy atom. The van der Waals surface area contributed by atoms with E-state index in [9.17, 15) is 14.9 Å². The first kappa shape index (κ1) is 15.7. The fourth-order valence-electron chi connectivity index (χ4n) is 2.19. The Morgan fingerprint density at radius 2 is 2.21 bits per heavy atom. The van der Waals surface area contributed by atoms with E-state index in [0.29, 0.717) is 16.5 Å². The Labute approximate surface area is 140 Å². The van der Waals surface area contributed by atoms with E-state index in [2.05, 4.69) is 20.6 Å². The van der Waals surface area contributed by atoms with Crippen molar-refractivity contribution in [2.24, 2.45) is 0 Å². The van der Waals surface area contributed by atoms with Gasteiger partial charge < -0.3 is 5.32 Å². The molecule has 0 bridgehead atoms. The van der Waals surface area contributed by atoms with Crippen molar-refractivity contribution in [3.8, 4) is 5.69 Å². The SMILES string of the molecule is Cc1[nH]nc(C(=O)Nc2ccnn2-c2cccc(Cl)c2)c1[N+](=O)[O-]. The third kappa shape index (κ3) is 2.84. The van der Waals surface area contributed by atoms with Gasteiger partial charge in [-0.2, -0.15) is 10.2 Å². The van der Waals surface area contributed by atoms with Gasteiger partial charge in [-0.25, -0.2) is 4.68 Å². The summed E-state index contributed by atoms with van der Waals surface area (Å²) in [6.45, 7) is 1.47. The summed E-state index contributed by atoms with van der Waals surface area (Å²) in [7, 11) is 0. The maximum absolute atomic E-state index is 12.3. The largest absolute Gasteiger partial charge is 0.322 e. The number of aromatic amines is 1. The van der Waals surface area contributed by atoms with Crippen LogP contribution in [0.25, 0.3) is 5.69 Å². The number of aryl methyl sites for hydroxylation is 1. The molecule has 0 aliphatic carbocycles. The zero-order valence-corrected chi connectivity index (χ0v) is 13.1. The minimum absolute atomic E-state index is 0.202. The minimum atomic E-state index is -0.713. The number of carbonyl (C=O) groups excluding carboxylic acids is 1. The van der Waals surface area contributed by atoms with Gasteiger partial charge in [0.25, 0.3) is 5.91 Å². The molecule has 2 N–H and O–H groups in total. The summed E-state index contributed by atoms with van der Waals surface area (Å²) in [5, 5.41) is 24.4. The normalized spacial score (nSPS) is 10.6. The number of halogens is 1. The molecule has 3 rings (SSSR count). The summed E-state index contributed by atoms with van der Waals surface area (Å²) in [4.78, 5) is 22.8. The summed E-state index contributed by atoms with van der Waals surface area (Å²) >= 11 is 5.96. The van der Waals surface area contributed by atoms with Crippen LogP contribution in [0.2, 0.25) is 5.02 Å². The van der Waals surface area contributed by atoms with Gasteiger partial charge in [-0.05, 0) is 25.1 Å². The number of nitrogens with zero attached hydrogens (tertiary/aromatic N) is 4. The molecule has 24 heavy (non-hydrogen) atoms. The fourth-order valence-corrected chi connectivity index (χ4v) is 2.38. The number of hydrogen-bond donors (Lipinski definition) is 2. The van der Waals surface area contributed by atoms with Crippen molar-refractivity contribution in [3.05, 3.63) is 63.1 Å². The molecule has 9 nitrogen and oxygen atoms in total. The molecule has 0 spiro atoms. The predicted molar refractivity (Wildman–Crippen MR) is 86.5 cm³/mol. The third-order valence-corrected chi connectivity index (χ3v) is 3.48. The lowest BCUT2D eigenvalue weighted by molar-refractivity contribution is -0.385. The fraction of sp³-hybridized carbons (Fsp3) is 0.0714. The van der Waals surface area contributed by atoms with Crippen LogP contribution in [0, 0.1) is 17.0 Å². The van der Waals surface area contributed by atoms with Gasteiger partial charge in [0.1, 0.15) is 11.5 Å². The van der Waals surface area contributed by atoms with E-state index in [1.165, 1.54) is 17.8 Å². The molecule has 0 fully saturated rings. The van der Waals surface area contributed by atoms with Crippen LogP contribution in [0.5, 0.6) is 0 Å². The highest BCUT2D eigenvalue weighted by atomic mass is 35.5. The maximum atomic E-state index is 12.3. The number of anilines is 1. The smallest absolute Gasteiger partial charge is 0.305 e. The zero-order valence-electron chi connectivity index (χ0n) is 12.4. The molecule has 0 atom stereocenters. The summed E-state index contributed by atoms with van der Waals surface area (Å²) < 4.78 is 1.45. The maximum Gasteiger partial charge on any atom is 0.322 e. The molecular weight excluding hydrogens is 336 g/mol. The topological polar surface area (TPSA) is 119 Å². The van der Waals surface area contributed by atoms with Crippen molar-refractivity contribution in [1.29, 1.82) is 0 Å². The van der Waals surface area contributed by atoms with E-state index in [0.717, 1.165) is 0 Å². The molecule has 1 aromatic carbocycles. The van der Waals surface area contributed by atoms with Crippen LogP contribution in [0.4, 0.5) is 11.5 Å². The van der Waals surface area contributed by atoms with Gasteiger partial charge in [-0.15, -0.1) is 0 Å². The average molecular weight is 347 g/mol. The molecule has 3 aromatic rings. The minimum Gasteiger partial charge on any atom is -0.305 e. The zero-order chi connectivity index (χ0) is 17.3. The lowest BCUT2D eigenvalue weighted by atomic mass is 10.3. The van der Waals surface area contributed by atoms with Crippen LogP contribution >= 0.6 is 11.6 Å². The van der Waals surface area contributed by atoms with Crippen molar-refractivity contribution in [1.82, 2.24) is 20.0 Å². The number of rotatable bonds is 4. The predicted octanol–water partition coefficient (Wildman–Crippen LogP) is 2.72. The molecule has 122 valence electrons. The molecule has 2 aromatic heterocycles. The van der Waals surface area contributed by atoms with Crippen LogP contribution in [-0.4, -0.2) is 30.8 Å². The molecule has 0 radical (unpaired) electrons. The molecule has 0 saturated carbocycles. The Hall–Kier alpha value is -3.20. The van der Waals surface area contributed by atoms with E-state index in [4.69, 9.17) is 11.6 Å². The lowest BCUT2D eigenvalue weighted by Gasteiger charge is -2.08. The van der Waals surface area contributed by atoms with Crippen molar-refractivity contribution >= 4 is 29.0 Å². The van der Waals surface area contributed by atoms with Gasteiger partial charge in [0.05, 0.1) is 16.8 Å². The molecule has 10 heteroatoms. The van der Waals surface area contributed by atoms with Gasteiger partial charge in [-0.1, -0.05) is 17.7 Å². The molecule has 1 amide bonds. The van der Waals surface area contributed by atoms with Crippen molar-refractivity contribution in [3.63, 3.8) is 0 Å². The van der Waals surface area contributed by atoms with Gasteiger partial charge in [0.15, 0.2) is 0 Å². The Bertz CT molecular complexity index is 932. The number of nitro groups is 1. The summed E-state index contributed by atoms with van der Waals surface area (Å²) in [5.41, 5.74) is 0.182. The molecule has 0 unspecified atom stereocenters. The number of H-pyrrole nitrogens is 1. The van der Waals surface area contributed by atoms with Gasteiger partial charge in [-0.3, -0.25) is 20.0 Å². The second-order valence-electron chi connectivity index (χ2n) is 4.87. The van der Waals surface area contributed by atoms with Crippen molar-refractivity contribution in [2.45, 2.75) is 6.92 Å². The van der Waals surface area contributed by atoms with Crippen LogP contribution in [0.3, 0.4) is 0 Å². The summed E-state index contributed by atoms with van der Waals surface area (Å²) in [5.74, 6) is -0.382. The Kier molecular flexibility index (Phi) is 4.00. The first-order valence-electron chi connectivity index (χ1n) is 6.78. The molecule has 0 saturated heterocycles. The van der Waals surface area contributed by atoms with Crippen molar-refractivity contribution < 1.29 is 9.72 Å². The van der Waals surface area contributed by atoms with Crippen LogP contribution < -0.4 is 5.32 Å². The second-order valence-corrected chi connectivity index (χ2v) is 5.30. The summed E-state index contributed by atoms with van der Waals surface area (Å²) in [6, 6.07) is 8.45. The number of aromatic nitrogens is 4. The van der Waals surface area contributed by atoms with Crippen LogP contribution in [-0.2, 0) is 0 Å². The average Bonchev–Trinajstić information content (AvgIpc) is 3.13. The number of benzene rings is 1. The van der Waals surface area contributed by atoms with E-state index < -0.39 is 10.8 Å². The molecule has 0 aliphatic heterocycles. The highest BCUT2D eigenvalue weighted by molar-refractivity contribution is 6.30. The highest BCUT2D eigenvalue weighted by Gasteiger charge is 2.27. The van der Waals surface area contributed by atoms with Gasteiger partial charge in [0.2, 0.25) is 5.69 Å². The van der Waals surface area contributed by atoms with Crippen LogP contribution in [0.15, 0.2) is 36.5 Å². The van der Waals surface area contributed by atoms with E-state index in [1.807, 2.05) is 0 Å². The van der Waals surface area contributed by atoms with Crippen molar-refractivity contribution in [2.75, 3.05) is 5.32 Å². The lowest BCUT2D eigenvalue weighted by Crippen LogP contribution is -2.17. The van der Waals surface area contributed by atoms with Gasteiger partial charge in [0, 0.05) is 11.1 Å². The number of amides is 1. The molecule has 0 aliphatic rings. The first-order valence-corrected chi connectivity index (χ1v) is 7.16. The second kappa shape index (κ2) is 6.13. The quantitative estimate of drug-likeness (QED) is 0.556. The number of nitrogens with one attached hydrogen (secondary N) is 2. The Morgan fingerprint density at radius 3 is 2.92 bits per heavy atom. The first-order chi connectivity index (χ1) is 11.5. The number of carbonyl (C=O) groups is 1. The Balaban J connectivity index is 1.92. The number of hydrogen-bond acceptors (Lipinski definition) is 5. The summed E-state index contributed by atoms with van der Waals surface area (Å²) in [6.07, 6.45) is 1.49. The highest BCUT2D eigenvalue weighted by Crippen LogP contribution is 2.23.